The number of rotatable bonds is 1. The molecule has 1 atom stereocenters. The largest absolute Gasteiger partial charge is 0.369 e. The molecule has 0 saturated heterocycles. The Labute approximate surface area is 101 Å². The first-order valence-electron chi connectivity index (χ1n) is 5.84. The molecule has 0 fully saturated rings. The van der Waals surface area contributed by atoms with Crippen LogP contribution in [-0.4, -0.2) is 18.5 Å². The third-order valence-electron chi connectivity index (χ3n) is 3.70. The molecule has 17 heavy (non-hydrogen) atoms. The molecule has 86 valence electrons. The van der Waals surface area contributed by atoms with Gasteiger partial charge in [0.2, 0.25) is 0 Å². The van der Waals surface area contributed by atoms with E-state index in [4.69, 9.17) is 4.74 Å². The lowest BCUT2D eigenvalue weighted by molar-refractivity contribution is -0.110. The van der Waals surface area contributed by atoms with Gasteiger partial charge in [0.1, 0.15) is 5.60 Å². The molecular weight excluding hydrogens is 212 g/mol. The molecule has 3 rings (SSSR count). The summed E-state index contributed by atoms with van der Waals surface area (Å²) in [5.41, 5.74) is 3.06. The van der Waals surface area contributed by atoms with E-state index in [1.165, 1.54) is 5.56 Å². The van der Waals surface area contributed by atoms with Gasteiger partial charge in [-0.1, -0.05) is 24.3 Å². The molecule has 0 aromatic heterocycles. The minimum Gasteiger partial charge on any atom is -0.369 e. The fourth-order valence-electron chi connectivity index (χ4n) is 2.74. The Balaban J connectivity index is 2.21. The van der Waals surface area contributed by atoms with Gasteiger partial charge in [0.25, 0.3) is 0 Å². The van der Waals surface area contributed by atoms with Crippen LogP contribution in [0.1, 0.15) is 17.5 Å². The second-order valence-electron chi connectivity index (χ2n) is 4.54. The highest BCUT2D eigenvalue weighted by Gasteiger charge is 2.38. The molecule has 1 unspecified atom stereocenters. The molecule has 1 aromatic carbocycles. The maximum Gasteiger partial charge on any atom is 0.178 e. The molecule has 2 aliphatic rings. The summed E-state index contributed by atoms with van der Waals surface area (Å²) < 4.78 is 5.68. The predicted octanol–water partition coefficient (Wildman–Crippen LogP) is 2.54. The molecular formula is C15H14O2. The van der Waals surface area contributed by atoms with E-state index in [1.54, 1.807) is 19.3 Å². The number of aryl methyl sites for hydroxylation is 1. The number of methoxy groups -OCH3 is 1. The fraction of sp³-hybridized carbons (Fsp3) is 0.267. The number of ether oxygens (including phenoxy) is 1. The van der Waals surface area contributed by atoms with Gasteiger partial charge in [0.05, 0.1) is 0 Å². The molecule has 1 aromatic rings. The van der Waals surface area contributed by atoms with Gasteiger partial charge in [-0.25, -0.2) is 0 Å². The summed E-state index contributed by atoms with van der Waals surface area (Å²) in [4.78, 5) is 11.6. The van der Waals surface area contributed by atoms with E-state index in [0.717, 1.165) is 24.0 Å². The van der Waals surface area contributed by atoms with Crippen molar-refractivity contribution in [3.8, 4) is 0 Å². The molecule has 0 amide bonds. The molecule has 0 heterocycles. The molecule has 0 bridgehead atoms. The average molecular weight is 226 g/mol. The van der Waals surface area contributed by atoms with E-state index in [2.05, 4.69) is 12.1 Å². The SMILES string of the molecule is COC12C=CC(=O)C=C1c1ccccc1CC2. The molecule has 2 heteroatoms. The molecule has 2 aliphatic carbocycles. The minimum atomic E-state index is -0.401. The normalized spacial score (nSPS) is 26.2. The van der Waals surface area contributed by atoms with E-state index < -0.39 is 5.60 Å². The van der Waals surface area contributed by atoms with Gasteiger partial charge in [-0.2, -0.15) is 0 Å². The first-order valence-corrected chi connectivity index (χ1v) is 5.84. The number of hydrogen-bond donors (Lipinski definition) is 0. The van der Waals surface area contributed by atoms with Crippen LogP contribution in [0.4, 0.5) is 0 Å². The van der Waals surface area contributed by atoms with Gasteiger partial charge in [0, 0.05) is 7.11 Å². The Kier molecular flexibility index (Phi) is 2.26. The van der Waals surface area contributed by atoms with Crippen LogP contribution in [0.2, 0.25) is 0 Å². The second kappa shape index (κ2) is 3.67. The van der Waals surface area contributed by atoms with Gasteiger partial charge < -0.3 is 4.74 Å². The number of allylic oxidation sites excluding steroid dienone is 2. The third kappa shape index (κ3) is 1.48. The molecule has 0 saturated carbocycles. The summed E-state index contributed by atoms with van der Waals surface area (Å²) in [5, 5.41) is 0. The summed E-state index contributed by atoms with van der Waals surface area (Å²) in [6.45, 7) is 0. The quantitative estimate of drug-likeness (QED) is 0.735. The van der Waals surface area contributed by atoms with E-state index in [0.29, 0.717) is 0 Å². The van der Waals surface area contributed by atoms with Crippen LogP contribution in [0.3, 0.4) is 0 Å². The van der Waals surface area contributed by atoms with Crippen LogP contribution in [0.15, 0.2) is 42.5 Å². The van der Waals surface area contributed by atoms with E-state index >= 15 is 0 Å². The van der Waals surface area contributed by atoms with Crippen molar-refractivity contribution in [2.45, 2.75) is 18.4 Å². The van der Waals surface area contributed by atoms with Crippen LogP contribution in [0.5, 0.6) is 0 Å². The van der Waals surface area contributed by atoms with Crippen molar-refractivity contribution in [3.05, 3.63) is 53.6 Å². The third-order valence-corrected chi connectivity index (χ3v) is 3.70. The lowest BCUT2D eigenvalue weighted by Gasteiger charge is -2.38. The van der Waals surface area contributed by atoms with Crippen LogP contribution in [0.25, 0.3) is 5.57 Å². The van der Waals surface area contributed by atoms with Crippen molar-refractivity contribution in [2.75, 3.05) is 7.11 Å². The first kappa shape index (κ1) is 10.5. The number of hydrogen-bond acceptors (Lipinski definition) is 2. The Morgan fingerprint density at radius 1 is 1.29 bits per heavy atom. The second-order valence-corrected chi connectivity index (χ2v) is 4.54. The van der Waals surface area contributed by atoms with Crippen molar-refractivity contribution < 1.29 is 9.53 Å². The zero-order chi connectivity index (χ0) is 11.9. The Bertz CT molecular complexity index is 540. The molecule has 2 nitrogen and oxygen atoms in total. The molecule has 0 radical (unpaired) electrons. The smallest absolute Gasteiger partial charge is 0.178 e. The molecule has 0 spiro atoms. The van der Waals surface area contributed by atoms with Gasteiger partial charge in [-0.3, -0.25) is 4.79 Å². The average Bonchev–Trinajstić information content (AvgIpc) is 2.39. The standard InChI is InChI=1S/C15H14O2/c1-17-15-8-6-11-4-2-3-5-13(11)14(15)10-12(16)7-9-15/h2-5,7,9-10H,6,8H2,1H3. The van der Waals surface area contributed by atoms with Crippen molar-refractivity contribution in [1.82, 2.24) is 0 Å². The lowest BCUT2D eigenvalue weighted by Crippen LogP contribution is -2.37. The maximum absolute atomic E-state index is 11.6. The van der Waals surface area contributed by atoms with Crippen LogP contribution in [-0.2, 0) is 16.0 Å². The highest BCUT2D eigenvalue weighted by molar-refractivity contribution is 6.08. The van der Waals surface area contributed by atoms with E-state index in [1.807, 2.05) is 18.2 Å². The minimum absolute atomic E-state index is 0.0457. The summed E-state index contributed by atoms with van der Waals surface area (Å²) >= 11 is 0. The number of carbonyl (C=O) groups excluding carboxylic acids is 1. The van der Waals surface area contributed by atoms with Crippen LogP contribution in [0, 0.1) is 0 Å². The zero-order valence-corrected chi connectivity index (χ0v) is 9.77. The monoisotopic (exact) mass is 226 g/mol. The molecule has 0 N–H and O–H groups in total. The van der Waals surface area contributed by atoms with E-state index in [-0.39, 0.29) is 5.78 Å². The zero-order valence-electron chi connectivity index (χ0n) is 9.77. The highest BCUT2D eigenvalue weighted by Crippen LogP contribution is 2.43. The van der Waals surface area contributed by atoms with Crippen LogP contribution < -0.4 is 0 Å². The summed E-state index contributed by atoms with van der Waals surface area (Å²) in [7, 11) is 1.71. The van der Waals surface area contributed by atoms with Gasteiger partial charge in [-0.15, -0.1) is 0 Å². The number of fused-ring (bicyclic) bond motifs is 3. The lowest BCUT2D eigenvalue weighted by atomic mass is 9.73. The highest BCUT2D eigenvalue weighted by atomic mass is 16.5. The van der Waals surface area contributed by atoms with Crippen molar-refractivity contribution in [2.24, 2.45) is 0 Å². The van der Waals surface area contributed by atoms with Crippen molar-refractivity contribution in [1.29, 1.82) is 0 Å². The summed E-state index contributed by atoms with van der Waals surface area (Å²) in [5.74, 6) is 0.0457. The van der Waals surface area contributed by atoms with Gasteiger partial charge in [-0.05, 0) is 47.8 Å². The number of ketones is 1. The van der Waals surface area contributed by atoms with Crippen molar-refractivity contribution in [3.63, 3.8) is 0 Å². The fourth-order valence-corrected chi connectivity index (χ4v) is 2.74. The van der Waals surface area contributed by atoms with Gasteiger partial charge >= 0.3 is 0 Å². The summed E-state index contributed by atoms with van der Waals surface area (Å²) in [6.07, 6.45) is 7.11. The van der Waals surface area contributed by atoms with Crippen LogP contribution >= 0.6 is 0 Å². The predicted molar refractivity (Wildman–Crippen MR) is 66.6 cm³/mol. The Morgan fingerprint density at radius 3 is 2.94 bits per heavy atom. The van der Waals surface area contributed by atoms with Crippen molar-refractivity contribution >= 4 is 11.4 Å². The summed E-state index contributed by atoms with van der Waals surface area (Å²) in [6, 6.07) is 8.24. The topological polar surface area (TPSA) is 26.3 Å². The van der Waals surface area contributed by atoms with Gasteiger partial charge in [0.15, 0.2) is 5.78 Å². The molecule has 0 aliphatic heterocycles. The maximum atomic E-state index is 11.6. The Morgan fingerprint density at radius 2 is 2.12 bits per heavy atom. The first-order chi connectivity index (χ1) is 8.25. The van der Waals surface area contributed by atoms with E-state index in [9.17, 15) is 4.79 Å². The Hall–Kier alpha value is -1.67. The number of carbonyl (C=O) groups is 1. The number of benzene rings is 1.